The van der Waals surface area contributed by atoms with Gasteiger partial charge in [-0.3, -0.25) is 4.79 Å². The van der Waals surface area contributed by atoms with E-state index in [0.29, 0.717) is 13.0 Å². The number of esters is 1. The number of methoxy groups -OCH3 is 2. The number of ether oxygens (including phenoxy) is 2. The second kappa shape index (κ2) is 6.33. The molecular weight excluding hydrogens is 268 g/mol. The van der Waals surface area contributed by atoms with Crippen molar-refractivity contribution in [2.75, 3.05) is 14.2 Å². The van der Waals surface area contributed by atoms with Gasteiger partial charge in [0.15, 0.2) is 0 Å². The van der Waals surface area contributed by atoms with Crippen molar-refractivity contribution >= 4 is 16.9 Å². The Morgan fingerprint density at radius 2 is 2.24 bits per heavy atom. The smallest absolute Gasteiger partial charge is 0.322 e. The van der Waals surface area contributed by atoms with Crippen LogP contribution in [0.15, 0.2) is 24.4 Å². The van der Waals surface area contributed by atoms with Crippen LogP contribution >= 0.6 is 0 Å². The summed E-state index contributed by atoms with van der Waals surface area (Å²) in [5, 5.41) is 0.976. The molecule has 0 aliphatic heterocycles. The summed E-state index contributed by atoms with van der Waals surface area (Å²) < 4.78 is 11.9. The molecule has 5 nitrogen and oxygen atoms in total. The second-order valence-corrected chi connectivity index (χ2v) is 4.70. The molecule has 1 atom stereocenters. The first-order valence-electron chi connectivity index (χ1n) is 6.53. The zero-order valence-corrected chi connectivity index (χ0v) is 12.1. The van der Waals surface area contributed by atoms with Crippen molar-refractivity contribution in [1.82, 2.24) is 4.57 Å². The molecule has 0 fully saturated rings. The minimum absolute atomic E-state index is 0.383. The van der Waals surface area contributed by atoms with Gasteiger partial charge in [-0.05, 0) is 23.8 Å². The lowest BCUT2D eigenvalue weighted by atomic mass is 10.1. The van der Waals surface area contributed by atoms with Gasteiger partial charge in [0.2, 0.25) is 0 Å². The van der Waals surface area contributed by atoms with Gasteiger partial charge in [0.1, 0.15) is 11.8 Å². The van der Waals surface area contributed by atoms with E-state index in [2.05, 4.69) is 10.7 Å². The summed E-state index contributed by atoms with van der Waals surface area (Å²) in [4.78, 5) is 11.5. The van der Waals surface area contributed by atoms with Crippen LogP contribution in [0.2, 0.25) is 0 Å². The molecule has 0 bridgehead atoms. The molecule has 1 aromatic carbocycles. The molecule has 110 valence electrons. The number of terminal acetylenes is 1. The lowest BCUT2D eigenvalue weighted by Crippen LogP contribution is -2.33. The molecule has 0 saturated heterocycles. The second-order valence-electron chi connectivity index (χ2n) is 4.70. The van der Waals surface area contributed by atoms with Crippen LogP contribution in [-0.4, -0.2) is 30.8 Å². The molecule has 0 aliphatic rings. The predicted octanol–water partition coefficient (Wildman–Crippen LogP) is 1.33. The highest BCUT2D eigenvalue weighted by molar-refractivity contribution is 5.86. The van der Waals surface area contributed by atoms with Gasteiger partial charge < -0.3 is 19.8 Å². The van der Waals surface area contributed by atoms with Gasteiger partial charge in [0, 0.05) is 23.5 Å². The molecule has 0 amide bonds. The molecule has 0 saturated carbocycles. The summed E-state index contributed by atoms with van der Waals surface area (Å²) in [6.45, 7) is 0.455. The van der Waals surface area contributed by atoms with Gasteiger partial charge >= 0.3 is 5.97 Å². The van der Waals surface area contributed by atoms with E-state index in [0.717, 1.165) is 22.2 Å². The van der Waals surface area contributed by atoms with Crippen molar-refractivity contribution in [2.45, 2.75) is 19.0 Å². The Labute approximate surface area is 123 Å². The summed E-state index contributed by atoms with van der Waals surface area (Å²) in [6, 6.07) is 5.03. The van der Waals surface area contributed by atoms with Crippen molar-refractivity contribution in [2.24, 2.45) is 5.73 Å². The number of fused-ring (bicyclic) bond motifs is 1. The molecular formula is C16H18N2O3. The number of carbonyl (C=O) groups excluding carboxylic acids is 1. The maximum atomic E-state index is 11.5. The molecule has 2 aromatic rings. The number of nitrogens with two attached hydrogens (primary N) is 1. The average Bonchev–Trinajstić information content (AvgIpc) is 2.84. The van der Waals surface area contributed by atoms with E-state index in [1.807, 2.05) is 29.0 Å². The predicted molar refractivity (Wildman–Crippen MR) is 81.0 cm³/mol. The van der Waals surface area contributed by atoms with E-state index in [1.165, 1.54) is 7.11 Å². The molecule has 0 aliphatic carbocycles. The van der Waals surface area contributed by atoms with Crippen LogP contribution in [0.3, 0.4) is 0 Å². The van der Waals surface area contributed by atoms with E-state index in [4.69, 9.17) is 16.9 Å². The maximum absolute atomic E-state index is 11.5. The number of rotatable bonds is 5. The lowest BCUT2D eigenvalue weighted by Gasteiger charge is -2.08. The van der Waals surface area contributed by atoms with Crippen LogP contribution < -0.4 is 10.5 Å². The molecule has 2 rings (SSSR count). The number of carbonyl (C=O) groups is 1. The van der Waals surface area contributed by atoms with E-state index in [-0.39, 0.29) is 0 Å². The van der Waals surface area contributed by atoms with Gasteiger partial charge in [0.05, 0.1) is 20.8 Å². The first-order valence-corrected chi connectivity index (χ1v) is 6.53. The number of hydrogen-bond donors (Lipinski definition) is 1. The van der Waals surface area contributed by atoms with Gasteiger partial charge in [0.25, 0.3) is 0 Å². The Balaban J connectivity index is 2.46. The zero-order valence-electron chi connectivity index (χ0n) is 12.1. The Kier molecular flexibility index (Phi) is 4.51. The summed E-state index contributed by atoms with van der Waals surface area (Å²) in [7, 11) is 2.94. The highest BCUT2D eigenvalue weighted by Crippen LogP contribution is 2.27. The Morgan fingerprint density at radius 3 is 2.86 bits per heavy atom. The summed E-state index contributed by atoms with van der Waals surface area (Å²) >= 11 is 0. The minimum Gasteiger partial charge on any atom is -0.497 e. The summed E-state index contributed by atoms with van der Waals surface area (Å²) in [6.07, 6.45) is 7.70. The summed E-state index contributed by atoms with van der Waals surface area (Å²) in [5.41, 5.74) is 7.78. The van der Waals surface area contributed by atoms with Crippen molar-refractivity contribution in [3.05, 3.63) is 30.0 Å². The van der Waals surface area contributed by atoms with Crippen LogP contribution in [0.4, 0.5) is 0 Å². The molecule has 1 aromatic heterocycles. The number of nitrogens with zero attached hydrogens (tertiary/aromatic N) is 1. The van der Waals surface area contributed by atoms with Crippen LogP contribution in [0.5, 0.6) is 5.75 Å². The van der Waals surface area contributed by atoms with Crippen molar-refractivity contribution in [3.63, 3.8) is 0 Å². The normalized spacial score (nSPS) is 11.9. The number of aromatic nitrogens is 1. The highest BCUT2D eigenvalue weighted by Gasteiger charge is 2.18. The zero-order chi connectivity index (χ0) is 15.4. The fraction of sp³-hybridized carbons (Fsp3) is 0.312. The molecule has 0 spiro atoms. The SMILES string of the molecule is C#CCn1cc(C[C@H](N)C(=O)OC)c2cc(OC)ccc21. The van der Waals surface area contributed by atoms with Crippen LogP contribution in [-0.2, 0) is 22.5 Å². The lowest BCUT2D eigenvalue weighted by molar-refractivity contribution is -0.142. The van der Waals surface area contributed by atoms with Crippen molar-refractivity contribution in [3.8, 4) is 18.1 Å². The fourth-order valence-electron chi connectivity index (χ4n) is 2.34. The Morgan fingerprint density at radius 1 is 1.48 bits per heavy atom. The third kappa shape index (κ3) is 3.01. The Bertz CT molecular complexity index is 697. The largest absolute Gasteiger partial charge is 0.497 e. The van der Waals surface area contributed by atoms with Crippen LogP contribution in [0.25, 0.3) is 10.9 Å². The maximum Gasteiger partial charge on any atom is 0.322 e. The van der Waals surface area contributed by atoms with Crippen LogP contribution in [0, 0.1) is 12.3 Å². The average molecular weight is 286 g/mol. The quantitative estimate of drug-likeness (QED) is 0.665. The highest BCUT2D eigenvalue weighted by atomic mass is 16.5. The fourth-order valence-corrected chi connectivity index (χ4v) is 2.34. The first kappa shape index (κ1) is 14.9. The van der Waals surface area contributed by atoms with Crippen LogP contribution in [0.1, 0.15) is 5.56 Å². The van der Waals surface area contributed by atoms with Gasteiger partial charge in [-0.25, -0.2) is 0 Å². The molecule has 21 heavy (non-hydrogen) atoms. The number of benzene rings is 1. The monoisotopic (exact) mass is 286 g/mol. The van der Waals surface area contributed by atoms with Gasteiger partial charge in [-0.2, -0.15) is 0 Å². The standard InChI is InChI=1S/C16H18N2O3/c1-4-7-18-10-11(8-14(17)16(19)21-3)13-9-12(20-2)5-6-15(13)18/h1,5-6,9-10,14H,7-8,17H2,2-3H3/t14-/m0/s1. The molecule has 0 radical (unpaired) electrons. The van der Waals surface area contributed by atoms with Gasteiger partial charge in [-0.15, -0.1) is 6.42 Å². The number of hydrogen-bond acceptors (Lipinski definition) is 4. The van der Waals surface area contributed by atoms with Crippen molar-refractivity contribution < 1.29 is 14.3 Å². The van der Waals surface area contributed by atoms with Gasteiger partial charge in [-0.1, -0.05) is 5.92 Å². The topological polar surface area (TPSA) is 66.5 Å². The summed E-state index contributed by atoms with van der Waals surface area (Å²) in [5.74, 6) is 2.92. The third-order valence-corrected chi connectivity index (χ3v) is 3.38. The molecule has 2 N–H and O–H groups in total. The molecule has 0 unspecified atom stereocenters. The van der Waals surface area contributed by atoms with E-state index < -0.39 is 12.0 Å². The Hall–Kier alpha value is -2.45. The molecule has 5 heteroatoms. The van der Waals surface area contributed by atoms with E-state index in [1.54, 1.807) is 7.11 Å². The van der Waals surface area contributed by atoms with E-state index >= 15 is 0 Å². The molecule has 1 heterocycles. The first-order chi connectivity index (χ1) is 10.1. The minimum atomic E-state index is -0.703. The van der Waals surface area contributed by atoms with Crippen molar-refractivity contribution in [1.29, 1.82) is 0 Å². The third-order valence-electron chi connectivity index (χ3n) is 3.38. The van der Waals surface area contributed by atoms with E-state index in [9.17, 15) is 4.79 Å².